The summed E-state index contributed by atoms with van der Waals surface area (Å²) in [7, 11) is 0. The Morgan fingerprint density at radius 2 is 2.20 bits per heavy atom. The van der Waals surface area contributed by atoms with Crippen LogP contribution in [0.5, 0.6) is 0 Å². The van der Waals surface area contributed by atoms with Crippen LogP contribution in [-0.4, -0.2) is 32.6 Å². The van der Waals surface area contributed by atoms with E-state index in [9.17, 15) is 4.79 Å². The first-order valence-corrected chi connectivity index (χ1v) is 8.65. The Labute approximate surface area is 123 Å². The summed E-state index contributed by atoms with van der Waals surface area (Å²) in [6.07, 6.45) is 5.86. The van der Waals surface area contributed by atoms with Gasteiger partial charge in [-0.05, 0) is 44.6 Å². The van der Waals surface area contributed by atoms with Gasteiger partial charge in [0.15, 0.2) is 5.16 Å². The molecule has 0 aliphatic heterocycles. The molecule has 5 nitrogen and oxygen atoms in total. The third-order valence-electron chi connectivity index (χ3n) is 4.48. The molecule has 2 aliphatic rings. The molecule has 6 heteroatoms. The summed E-state index contributed by atoms with van der Waals surface area (Å²) < 4.78 is 1.87. The molecular weight excluding hydrogens is 272 g/mol. The summed E-state index contributed by atoms with van der Waals surface area (Å²) in [6, 6.07) is 1.02. The van der Waals surface area contributed by atoms with Crippen LogP contribution in [0.2, 0.25) is 0 Å². The Balaban J connectivity index is 1.65. The van der Waals surface area contributed by atoms with Gasteiger partial charge in [0.1, 0.15) is 0 Å². The number of nitrogens with zero attached hydrogens (tertiary/aromatic N) is 2. The first kappa shape index (κ1) is 14.2. The van der Waals surface area contributed by atoms with Crippen molar-refractivity contribution in [2.45, 2.75) is 68.4 Å². The van der Waals surface area contributed by atoms with Crippen LogP contribution in [-0.2, 0) is 0 Å². The van der Waals surface area contributed by atoms with E-state index in [0.717, 1.165) is 24.5 Å². The highest BCUT2D eigenvalue weighted by Gasteiger charge is 2.35. The van der Waals surface area contributed by atoms with Crippen molar-refractivity contribution < 1.29 is 0 Å². The molecule has 0 saturated heterocycles. The summed E-state index contributed by atoms with van der Waals surface area (Å²) in [5.74, 6) is 0.631. The number of nitrogens with one attached hydrogen (secondary N) is 2. The monoisotopic (exact) mass is 296 g/mol. The third kappa shape index (κ3) is 2.81. The lowest BCUT2D eigenvalue weighted by Gasteiger charge is -2.21. The van der Waals surface area contributed by atoms with Crippen molar-refractivity contribution in [1.82, 2.24) is 20.1 Å². The fraction of sp³-hybridized carbons (Fsp3) is 0.857. The molecule has 1 heterocycles. The van der Waals surface area contributed by atoms with Crippen LogP contribution < -0.4 is 11.0 Å². The first-order chi connectivity index (χ1) is 9.70. The Morgan fingerprint density at radius 1 is 1.40 bits per heavy atom. The first-order valence-electron chi connectivity index (χ1n) is 7.77. The van der Waals surface area contributed by atoms with E-state index >= 15 is 0 Å². The largest absolute Gasteiger partial charge is 0.344 e. The maximum atomic E-state index is 11.8. The average Bonchev–Trinajstić information content (AvgIpc) is 3.13. The zero-order chi connectivity index (χ0) is 14.1. The molecule has 3 unspecified atom stereocenters. The van der Waals surface area contributed by atoms with E-state index in [1.54, 1.807) is 11.8 Å². The lowest BCUT2D eigenvalue weighted by Crippen LogP contribution is -2.33. The van der Waals surface area contributed by atoms with Crippen molar-refractivity contribution in [2.75, 3.05) is 6.54 Å². The molecular formula is C14H24N4OS. The second-order valence-corrected chi connectivity index (χ2v) is 7.27. The number of hydrogen-bond acceptors (Lipinski definition) is 4. The minimum Gasteiger partial charge on any atom is -0.314 e. The second-order valence-electron chi connectivity index (χ2n) is 6.07. The molecule has 0 aromatic carbocycles. The highest BCUT2D eigenvalue weighted by Crippen LogP contribution is 2.41. The van der Waals surface area contributed by atoms with Crippen LogP contribution in [0.25, 0.3) is 0 Å². The number of aromatic amines is 1. The number of H-pyrrole nitrogens is 1. The molecule has 0 spiro atoms. The maximum Gasteiger partial charge on any atom is 0.344 e. The number of hydrogen-bond donors (Lipinski definition) is 2. The topological polar surface area (TPSA) is 62.7 Å². The van der Waals surface area contributed by atoms with Gasteiger partial charge < -0.3 is 5.32 Å². The lowest BCUT2D eigenvalue weighted by atomic mass is 10.1. The van der Waals surface area contributed by atoms with Crippen molar-refractivity contribution in [2.24, 2.45) is 5.92 Å². The van der Waals surface area contributed by atoms with Gasteiger partial charge in [0, 0.05) is 17.3 Å². The van der Waals surface area contributed by atoms with E-state index in [0.29, 0.717) is 23.3 Å². The average molecular weight is 296 g/mol. The van der Waals surface area contributed by atoms with Crippen LogP contribution in [0, 0.1) is 5.92 Å². The molecule has 2 saturated carbocycles. The van der Waals surface area contributed by atoms with E-state index in [4.69, 9.17) is 0 Å². The van der Waals surface area contributed by atoms with E-state index in [2.05, 4.69) is 29.4 Å². The maximum absolute atomic E-state index is 11.8. The van der Waals surface area contributed by atoms with Crippen molar-refractivity contribution in [3.63, 3.8) is 0 Å². The van der Waals surface area contributed by atoms with Gasteiger partial charge in [-0.2, -0.15) is 0 Å². The molecule has 20 heavy (non-hydrogen) atoms. The molecule has 1 aromatic rings. The van der Waals surface area contributed by atoms with Crippen molar-refractivity contribution >= 4 is 11.8 Å². The summed E-state index contributed by atoms with van der Waals surface area (Å²) >= 11 is 1.79. The van der Waals surface area contributed by atoms with Crippen molar-refractivity contribution in [1.29, 1.82) is 0 Å². The van der Waals surface area contributed by atoms with Crippen LogP contribution in [0.15, 0.2) is 9.95 Å². The van der Waals surface area contributed by atoms with Gasteiger partial charge in [-0.1, -0.05) is 25.6 Å². The molecule has 1 aromatic heterocycles. The fourth-order valence-electron chi connectivity index (χ4n) is 3.08. The van der Waals surface area contributed by atoms with E-state index in [1.807, 2.05) is 4.57 Å². The van der Waals surface area contributed by atoms with E-state index in [-0.39, 0.29) is 5.69 Å². The highest BCUT2D eigenvalue weighted by molar-refractivity contribution is 7.99. The molecule has 0 bridgehead atoms. The minimum absolute atomic E-state index is 0.0405. The van der Waals surface area contributed by atoms with Crippen molar-refractivity contribution in [3.8, 4) is 0 Å². The molecule has 2 fully saturated rings. The smallest absolute Gasteiger partial charge is 0.314 e. The highest BCUT2D eigenvalue weighted by atomic mass is 32.2. The Hall–Kier alpha value is -0.750. The predicted molar refractivity (Wildman–Crippen MR) is 81.2 cm³/mol. The Kier molecular flexibility index (Phi) is 4.21. The van der Waals surface area contributed by atoms with E-state index in [1.165, 1.54) is 19.3 Å². The molecule has 2 aliphatic carbocycles. The molecule has 112 valence electrons. The zero-order valence-corrected chi connectivity index (χ0v) is 13.1. The lowest BCUT2D eigenvalue weighted by molar-refractivity contribution is 0.431. The fourth-order valence-corrected chi connectivity index (χ4v) is 4.45. The Morgan fingerprint density at radius 3 is 2.90 bits per heavy atom. The normalized spacial score (nSPS) is 30.0. The summed E-state index contributed by atoms with van der Waals surface area (Å²) in [6.45, 7) is 5.63. The van der Waals surface area contributed by atoms with Gasteiger partial charge in [-0.25, -0.2) is 9.89 Å². The molecule has 0 amide bonds. The van der Waals surface area contributed by atoms with Gasteiger partial charge in [-0.15, -0.1) is 5.10 Å². The third-order valence-corrected chi connectivity index (χ3v) is 5.95. The minimum atomic E-state index is -0.0405. The summed E-state index contributed by atoms with van der Waals surface area (Å²) in [4.78, 5) is 11.8. The van der Waals surface area contributed by atoms with Crippen LogP contribution in [0.3, 0.4) is 0 Å². The van der Waals surface area contributed by atoms with Gasteiger partial charge >= 0.3 is 5.69 Å². The quantitative estimate of drug-likeness (QED) is 0.844. The van der Waals surface area contributed by atoms with Gasteiger partial charge in [-0.3, -0.25) is 4.57 Å². The second kappa shape index (κ2) is 5.93. The molecule has 3 rings (SSSR count). The van der Waals surface area contributed by atoms with Gasteiger partial charge in [0.05, 0.1) is 0 Å². The number of thioether (sulfide) groups is 1. The van der Waals surface area contributed by atoms with E-state index < -0.39 is 0 Å². The van der Waals surface area contributed by atoms with Crippen molar-refractivity contribution in [3.05, 3.63) is 10.5 Å². The zero-order valence-electron chi connectivity index (χ0n) is 12.3. The molecule has 0 radical (unpaired) electrons. The summed E-state index contributed by atoms with van der Waals surface area (Å²) in [5, 5.41) is 11.9. The van der Waals surface area contributed by atoms with Gasteiger partial charge in [0.2, 0.25) is 0 Å². The predicted octanol–water partition coefficient (Wildman–Crippen LogP) is 2.17. The summed E-state index contributed by atoms with van der Waals surface area (Å²) in [5.41, 5.74) is -0.0405. The number of aromatic nitrogens is 3. The number of rotatable bonds is 6. The SMILES string of the molecule is CCCNC1CCC(Sc2n[nH]c(=O)n2C2CC2)C1C. The van der Waals surface area contributed by atoms with Crippen LogP contribution in [0.4, 0.5) is 0 Å². The molecule has 2 N–H and O–H groups in total. The Bertz CT molecular complexity index is 508. The van der Waals surface area contributed by atoms with Crippen LogP contribution >= 0.6 is 11.8 Å². The standard InChI is InChI=1S/C14H24N4OS/c1-3-8-15-11-6-7-12(9(11)2)20-14-17-16-13(19)18(14)10-4-5-10/h9-12,15H,3-8H2,1-2H3,(H,16,19). The molecule has 3 atom stereocenters. The van der Waals surface area contributed by atoms with Crippen LogP contribution in [0.1, 0.15) is 52.0 Å². The van der Waals surface area contributed by atoms with Gasteiger partial charge in [0.25, 0.3) is 0 Å².